The third-order valence-electron chi connectivity index (χ3n) is 6.59. The molecule has 0 saturated heterocycles. The summed E-state index contributed by atoms with van der Waals surface area (Å²) >= 11 is 16.7. The van der Waals surface area contributed by atoms with E-state index in [1.165, 1.54) is 11.0 Å². The maximum Gasteiger partial charge on any atom is 0.251 e. The van der Waals surface area contributed by atoms with Gasteiger partial charge in [0.1, 0.15) is 11.2 Å². The first-order valence-electron chi connectivity index (χ1n) is 13.4. The number of methoxy groups -OCH3 is 1. The number of amides is 3. The van der Waals surface area contributed by atoms with Gasteiger partial charge in [-0.25, -0.2) is 4.98 Å². The van der Waals surface area contributed by atoms with Crippen LogP contribution in [0.4, 0.5) is 5.69 Å². The normalized spacial score (nSPS) is 11.1. The minimum absolute atomic E-state index is 0.0394. The molecule has 0 aliphatic carbocycles. The van der Waals surface area contributed by atoms with Crippen molar-refractivity contribution in [3.05, 3.63) is 97.8 Å². The SMILES string of the molecule is COCCNC(=O)c1ccc(/C=C/C(=O)NCC(=O)N(C)c2ccc(Cl)c(COc3cccn4c(Br)c(C)nc34)c2Cl)cc1. The van der Waals surface area contributed by atoms with Crippen LogP contribution >= 0.6 is 39.1 Å². The monoisotopic (exact) mass is 701 g/mol. The number of imidazole rings is 1. The number of aromatic nitrogens is 2. The summed E-state index contributed by atoms with van der Waals surface area (Å²) in [5, 5.41) is 5.95. The summed E-state index contributed by atoms with van der Waals surface area (Å²) in [5.41, 5.74) is 3.57. The van der Waals surface area contributed by atoms with E-state index in [-0.39, 0.29) is 24.1 Å². The van der Waals surface area contributed by atoms with E-state index in [9.17, 15) is 14.4 Å². The van der Waals surface area contributed by atoms with Crippen LogP contribution in [0.5, 0.6) is 5.75 Å². The van der Waals surface area contributed by atoms with Gasteiger partial charge in [-0.1, -0.05) is 35.3 Å². The molecule has 3 amide bonds. The summed E-state index contributed by atoms with van der Waals surface area (Å²) in [6.45, 7) is 2.50. The molecule has 0 aliphatic rings. The van der Waals surface area contributed by atoms with Crippen molar-refractivity contribution in [2.24, 2.45) is 0 Å². The van der Waals surface area contributed by atoms with Gasteiger partial charge in [-0.2, -0.15) is 0 Å². The largest absolute Gasteiger partial charge is 0.485 e. The predicted molar refractivity (Wildman–Crippen MR) is 175 cm³/mol. The van der Waals surface area contributed by atoms with Crippen LogP contribution in [-0.2, 0) is 20.9 Å². The molecule has 0 aliphatic heterocycles. The standard InChI is InChI=1S/C31H30BrCl2N5O5/c1-19-29(32)39-15-4-5-25(30(39)37-19)44-18-22-23(33)11-12-24(28(22)34)38(2)27(41)17-36-26(40)13-8-20-6-9-21(10-7-20)31(42)35-14-16-43-3/h4-13,15H,14,16-18H2,1-3H3,(H,35,42)(H,36,40)/b13-8+. The lowest BCUT2D eigenvalue weighted by Gasteiger charge is -2.21. The molecule has 0 fully saturated rings. The van der Waals surface area contributed by atoms with Crippen molar-refractivity contribution in [1.29, 1.82) is 0 Å². The summed E-state index contributed by atoms with van der Waals surface area (Å²) in [6.07, 6.45) is 4.77. The summed E-state index contributed by atoms with van der Waals surface area (Å²) in [6, 6.07) is 13.7. The molecule has 44 heavy (non-hydrogen) atoms. The fraction of sp³-hybridized carbons (Fsp3) is 0.226. The van der Waals surface area contributed by atoms with Gasteiger partial charge in [-0.3, -0.25) is 18.8 Å². The first kappa shape index (κ1) is 33.0. The van der Waals surface area contributed by atoms with Crippen LogP contribution in [-0.4, -0.2) is 61.0 Å². The van der Waals surface area contributed by atoms with E-state index in [2.05, 4.69) is 31.5 Å². The van der Waals surface area contributed by atoms with Crippen molar-refractivity contribution in [3.63, 3.8) is 0 Å². The topological polar surface area (TPSA) is 114 Å². The summed E-state index contributed by atoms with van der Waals surface area (Å²) in [7, 11) is 3.12. The van der Waals surface area contributed by atoms with Gasteiger partial charge in [0, 0.05) is 49.1 Å². The molecule has 13 heteroatoms. The Balaban J connectivity index is 1.34. The second kappa shape index (κ2) is 15.2. The van der Waals surface area contributed by atoms with E-state index >= 15 is 0 Å². The molecule has 0 bridgehead atoms. The fourth-order valence-electron chi connectivity index (χ4n) is 4.13. The zero-order valence-electron chi connectivity index (χ0n) is 24.2. The van der Waals surface area contributed by atoms with Crippen molar-refractivity contribution in [3.8, 4) is 5.75 Å². The molecular formula is C31H30BrCl2N5O5. The molecule has 0 radical (unpaired) electrons. The van der Waals surface area contributed by atoms with Crippen LogP contribution in [0.15, 0.2) is 65.4 Å². The molecule has 2 aromatic carbocycles. The highest BCUT2D eigenvalue weighted by atomic mass is 79.9. The van der Waals surface area contributed by atoms with Crippen LogP contribution in [0.3, 0.4) is 0 Å². The lowest BCUT2D eigenvalue weighted by Crippen LogP contribution is -2.37. The van der Waals surface area contributed by atoms with E-state index in [1.54, 1.807) is 62.7 Å². The minimum Gasteiger partial charge on any atom is -0.485 e. The maximum atomic E-state index is 12.9. The third kappa shape index (κ3) is 7.97. The summed E-state index contributed by atoms with van der Waals surface area (Å²) in [5.74, 6) is -0.527. The van der Waals surface area contributed by atoms with Gasteiger partial charge < -0.3 is 25.0 Å². The highest BCUT2D eigenvalue weighted by Gasteiger charge is 2.20. The molecule has 0 unspecified atom stereocenters. The third-order valence-corrected chi connectivity index (χ3v) is 8.33. The van der Waals surface area contributed by atoms with Crippen molar-refractivity contribution in [2.75, 3.05) is 38.8 Å². The Labute approximate surface area is 273 Å². The van der Waals surface area contributed by atoms with E-state index in [0.29, 0.717) is 51.9 Å². The highest BCUT2D eigenvalue weighted by molar-refractivity contribution is 9.10. The number of nitrogens with zero attached hydrogens (tertiary/aromatic N) is 3. The lowest BCUT2D eigenvalue weighted by molar-refractivity contribution is -0.122. The quantitative estimate of drug-likeness (QED) is 0.150. The smallest absolute Gasteiger partial charge is 0.251 e. The zero-order valence-corrected chi connectivity index (χ0v) is 27.3. The van der Waals surface area contributed by atoms with Crippen molar-refractivity contribution in [2.45, 2.75) is 13.5 Å². The van der Waals surface area contributed by atoms with Crippen molar-refractivity contribution in [1.82, 2.24) is 20.0 Å². The van der Waals surface area contributed by atoms with Crippen LogP contribution in [0, 0.1) is 6.92 Å². The Kier molecular flexibility index (Phi) is 11.4. The fourth-order valence-corrected chi connectivity index (χ4v) is 5.11. The summed E-state index contributed by atoms with van der Waals surface area (Å²) < 4.78 is 13.7. The van der Waals surface area contributed by atoms with Crippen LogP contribution in [0.1, 0.15) is 27.2 Å². The Hall–Kier alpha value is -3.90. The average molecular weight is 703 g/mol. The number of fused-ring (bicyclic) bond motifs is 1. The van der Waals surface area contributed by atoms with E-state index < -0.39 is 11.8 Å². The van der Waals surface area contributed by atoms with Crippen LogP contribution in [0.2, 0.25) is 10.0 Å². The number of carbonyl (C=O) groups is 3. The lowest BCUT2D eigenvalue weighted by atomic mass is 10.1. The number of likely N-dealkylation sites (N-methyl/N-ethyl adjacent to an activating group) is 1. The van der Waals surface area contributed by atoms with Crippen LogP contribution < -0.4 is 20.3 Å². The average Bonchev–Trinajstić information content (AvgIpc) is 3.32. The molecule has 10 nitrogen and oxygen atoms in total. The number of ether oxygens (including phenoxy) is 2. The number of anilines is 1. The Bertz CT molecular complexity index is 1710. The number of rotatable bonds is 12. The highest BCUT2D eigenvalue weighted by Crippen LogP contribution is 2.35. The number of benzene rings is 2. The summed E-state index contributed by atoms with van der Waals surface area (Å²) in [4.78, 5) is 43.3. The molecule has 4 rings (SSSR count). The number of carbonyl (C=O) groups excluding carboxylic acids is 3. The molecular weight excluding hydrogens is 673 g/mol. The second-order valence-electron chi connectivity index (χ2n) is 9.58. The van der Waals surface area contributed by atoms with Crippen molar-refractivity contribution >= 4 is 74.3 Å². The molecule has 0 atom stereocenters. The van der Waals surface area contributed by atoms with Gasteiger partial charge in [0.2, 0.25) is 11.8 Å². The van der Waals surface area contributed by atoms with Gasteiger partial charge in [-0.05, 0) is 70.9 Å². The maximum absolute atomic E-state index is 12.9. The number of halogens is 3. The zero-order chi connectivity index (χ0) is 31.8. The predicted octanol–water partition coefficient (Wildman–Crippen LogP) is 5.46. The molecule has 230 valence electrons. The Morgan fingerprint density at radius 2 is 1.84 bits per heavy atom. The molecule has 2 heterocycles. The van der Waals surface area contributed by atoms with Gasteiger partial charge in [0.05, 0.1) is 29.6 Å². The van der Waals surface area contributed by atoms with E-state index in [4.69, 9.17) is 32.7 Å². The van der Waals surface area contributed by atoms with Gasteiger partial charge in [0.25, 0.3) is 5.91 Å². The van der Waals surface area contributed by atoms with Crippen molar-refractivity contribution < 1.29 is 23.9 Å². The number of hydrogen-bond acceptors (Lipinski definition) is 6. The molecule has 2 N–H and O–H groups in total. The van der Waals surface area contributed by atoms with E-state index in [1.807, 2.05) is 23.6 Å². The van der Waals surface area contributed by atoms with Gasteiger partial charge in [0.15, 0.2) is 11.4 Å². The second-order valence-corrected chi connectivity index (χ2v) is 11.1. The Morgan fingerprint density at radius 1 is 1.09 bits per heavy atom. The van der Waals surface area contributed by atoms with Gasteiger partial charge in [-0.15, -0.1) is 0 Å². The van der Waals surface area contributed by atoms with Gasteiger partial charge >= 0.3 is 0 Å². The molecule has 2 aromatic heterocycles. The Morgan fingerprint density at radius 3 is 2.57 bits per heavy atom. The first-order valence-corrected chi connectivity index (χ1v) is 15.0. The van der Waals surface area contributed by atoms with Crippen LogP contribution in [0.25, 0.3) is 11.7 Å². The molecule has 0 spiro atoms. The number of nitrogens with one attached hydrogen (secondary N) is 2. The minimum atomic E-state index is -0.459. The number of pyridine rings is 1. The number of aryl methyl sites for hydroxylation is 1. The van der Waals surface area contributed by atoms with E-state index in [0.717, 1.165) is 10.3 Å². The molecule has 4 aromatic rings. The first-order chi connectivity index (χ1) is 21.1. The molecule has 0 saturated carbocycles. The number of hydrogen-bond donors (Lipinski definition) is 2.